The predicted molar refractivity (Wildman–Crippen MR) is 94.9 cm³/mol. The van der Waals surface area contributed by atoms with Gasteiger partial charge >= 0.3 is 0 Å². The molecule has 0 radical (unpaired) electrons. The topological polar surface area (TPSA) is 59.6 Å². The number of hydrogen-bond donors (Lipinski definition) is 2. The molecule has 1 aromatic rings. The molecule has 0 saturated carbocycles. The van der Waals surface area contributed by atoms with Crippen LogP contribution in [0, 0.1) is 5.92 Å². The third kappa shape index (κ3) is 4.20. The van der Waals surface area contributed by atoms with Crippen LogP contribution in [0.3, 0.4) is 0 Å². The summed E-state index contributed by atoms with van der Waals surface area (Å²) in [5, 5.41) is 6.38. The Morgan fingerprint density at radius 3 is 2.92 bits per heavy atom. The second-order valence-corrected chi connectivity index (χ2v) is 6.80. The van der Waals surface area contributed by atoms with Crippen LogP contribution < -0.4 is 20.1 Å². The number of piperidine rings is 1. The van der Waals surface area contributed by atoms with Crippen LogP contribution in [-0.4, -0.2) is 31.7 Å². The summed E-state index contributed by atoms with van der Waals surface area (Å²) in [5.41, 5.74) is 1.87. The normalized spacial score (nSPS) is 20.3. The molecule has 1 unspecified atom stereocenters. The molecule has 24 heavy (non-hydrogen) atoms. The first-order chi connectivity index (χ1) is 11.7. The lowest BCUT2D eigenvalue weighted by atomic mass is 9.93. The van der Waals surface area contributed by atoms with Crippen molar-refractivity contribution in [3.05, 3.63) is 17.7 Å². The smallest absolute Gasteiger partial charge is 0.224 e. The molecule has 1 fully saturated rings. The Morgan fingerprint density at radius 1 is 1.38 bits per heavy atom. The van der Waals surface area contributed by atoms with E-state index < -0.39 is 0 Å². The number of rotatable bonds is 6. The molecule has 5 nitrogen and oxygen atoms in total. The van der Waals surface area contributed by atoms with Gasteiger partial charge in [0.05, 0.1) is 12.3 Å². The van der Waals surface area contributed by atoms with Gasteiger partial charge in [-0.05, 0) is 58.2 Å². The maximum absolute atomic E-state index is 12.4. The highest BCUT2D eigenvalue weighted by atomic mass is 16.5. The van der Waals surface area contributed by atoms with Gasteiger partial charge in [-0.25, -0.2) is 0 Å². The molecule has 1 amide bonds. The Balaban J connectivity index is 1.62. The number of carbonyl (C=O) groups excluding carboxylic acids is 1. The zero-order chi connectivity index (χ0) is 16.9. The van der Waals surface area contributed by atoms with Gasteiger partial charge in [-0.1, -0.05) is 0 Å². The Kier molecular flexibility index (Phi) is 5.61. The van der Waals surface area contributed by atoms with Crippen LogP contribution in [0.25, 0.3) is 0 Å². The molecular formula is C19H28N2O3. The van der Waals surface area contributed by atoms with Crippen LogP contribution in [0.1, 0.15) is 45.1 Å². The summed E-state index contributed by atoms with van der Waals surface area (Å²) in [5.74, 6) is 2.32. The van der Waals surface area contributed by atoms with E-state index in [-0.39, 0.29) is 12.0 Å². The number of ether oxygens (including phenoxy) is 2. The largest absolute Gasteiger partial charge is 0.492 e. The molecule has 1 saturated heterocycles. The Morgan fingerprint density at radius 2 is 2.17 bits per heavy atom. The van der Waals surface area contributed by atoms with E-state index >= 15 is 0 Å². The molecule has 1 aromatic carbocycles. The van der Waals surface area contributed by atoms with Gasteiger partial charge in [-0.2, -0.15) is 0 Å². The fraction of sp³-hybridized carbons (Fsp3) is 0.632. The minimum absolute atomic E-state index is 0.0560. The van der Waals surface area contributed by atoms with Crippen molar-refractivity contribution >= 4 is 11.6 Å². The molecule has 1 atom stereocenters. The van der Waals surface area contributed by atoms with Crippen molar-refractivity contribution in [3.63, 3.8) is 0 Å². The molecule has 132 valence electrons. The zero-order valence-corrected chi connectivity index (χ0v) is 14.7. The summed E-state index contributed by atoms with van der Waals surface area (Å²) in [6, 6.07) is 3.91. The van der Waals surface area contributed by atoms with Gasteiger partial charge in [-0.3, -0.25) is 4.79 Å². The highest BCUT2D eigenvalue weighted by Crippen LogP contribution is 2.38. The van der Waals surface area contributed by atoms with Gasteiger partial charge in [0, 0.05) is 24.5 Å². The lowest BCUT2D eigenvalue weighted by Gasteiger charge is -2.22. The van der Waals surface area contributed by atoms with Gasteiger partial charge in [0.2, 0.25) is 5.91 Å². The summed E-state index contributed by atoms with van der Waals surface area (Å²) in [7, 11) is 0. The molecule has 0 aliphatic carbocycles. The number of benzene rings is 1. The van der Waals surface area contributed by atoms with Gasteiger partial charge in [0.25, 0.3) is 0 Å². The van der Waals surface area contributed by atoms with Gasteiger partial charge < -0.3 is 20.1 Å². The van der Waals surface area contributed by atoms with Crippen molar-refractivity contribution in [3.8, 4) is 11.5 Å². The van der Waals surface area contributed by atoms with Crippen LogP contribution in [0.4, 0.5) is 5.69 Å². The summed E-state index contributed by atoms with van der Waals surface area (Å²) in [4.78, 5) is 12.4. The monoisotopic (exact) mass is 332 g/mol. The van der Waals surface area contributed by atoms with E-state index in [1.54, 1.807) is 0 Å². The van der Waals surface area contributed by atoms with Crippen LogP contribution >= 0.6 is 0 Å². The second-order valence-electron chi connectivity index (χ2n) is 6.80. The number of fused-ring (bicyclic) bond motifs is 1. The zero-order valence-electron chi connectivity index (χ0n) is 14.7. The fourth-order valence-electron chi connectivity index (χ4n) is 3.53. The SMILES string of the molecule is CCOc1cc2c(cc1NC(=O)CCC1CCNCC1)OC(C)C2. The molecule has 0 spiro atoms. The Hall–Kier alpha value is -1.75. The molecule has 3 rings (SSSR count). The highest BCUT2D eigenvalue weighted by molar-refractivity contribution is 5.92. The first kappa shape index (κ1) is 17.1. The van der Waals surface area contributed by atoms with E-state index in [1.165, 1.54) is 12.8 Å². The maximum Gasteiger partial charge on any atom is 0.224 e. The van der Waals surface area contributed by atoms with Gasteiger partial charge in [0.1, 0.15) is 17.6 Å². The van der Waals surface area contributed by atoms with Crippen molar-refractivity contribution < 1.29 is 14.3 Å². The maximum atomic E-state index is 12.4. The van der Waals surface area contributed by atoms with Crippen molar-refractivity contribution in [2.75, 3.05) is 25.0 Å². The molecule has 2 aliphatic heterocycles. The number of amides is 1. The summed E-state index contributed by atoms with van der Waals surface area (Å²) < 4.78 is 11.5. The Bertz CT molecular complexity index is 582. The van der Waals surface area contributed by atoms with Crippen molar-refractivity contribution in [2.24, 2.45) is 5.92 Å². The van der Waals surface area contributed by atoms with Gasteiger partial charge in [0.15, 0.2) is 0 Å². The molecule has 2 aliphatic rings. The molecule has 2 N–H and O–H groups in total. The van der Waals surface area contributed by atoms with Crippen LogP contribution in [0.15, 0.2) is 12.1 Å². The number of carbonyl (C=O) groups is 1. The lowest BCUT2D eigenvalue weighted by molar-refractivity contribution is -0.116. The standard InChI is InChI=1S/C19H28N2O3/c1-3-23-18-11-15-10-13(2)24-17(15)12-16(18)21-19(22)5-4-14-6-8-20-9-7-14/h11-14,20H,3-10H2,1-2H3,(H,21,22). The number of hydrogen-bond acceptors (Lipinski definition) is 4. The molecule has 2 heterocycles. The van der Waals surface area contributed by atoms with Gasteiger partial charge in [-0.15, -0.1) is 0 Å². The quantitative estimate of drug-likeness (QED) is 0.840. The van der Waals surface area contributed by atoms with Crippen LogP contribution in [0.2, 0.25) is 0 Å². The number of anilines is 1. The fourth-order valence-corrected chi connectivity index (χ4v) is 3.53. The average Bonchev–Trinajstić information content (AvgIpc) is 2.93. The van der Waals surface area contributed by atoms with Crippen molar-refractivity contribution in [2.45, 2.75) is 52.1 Å². The predicted octanol–water partition coefficient (Wildman–Crippen LogP) is 3.13. The van der Waals surface area contributed by atoms with Crippen molar-refractivity contribution in [1.82, 2.24) is 5.32 Å². The van der Waals surface area contributed by atoms with E-state index in [9.17, 15) is 4.79 Å². The first-order valence-electron chi connectivity index (χ1n) is 9.12. The summed E-state index contributed by atoms with van der Waals surface area (Å²) >= 11 is 0. The van der Waals surface area contributed by atoms with E-state index in [0.717, 1.165) is 48.7 Å². The van der Waals surface area contributed by atoms with Crippen molar-refractivity contribution in [1.29, 1.82) is 0 Å². The molecular weight excluding hydrogens is 304 g/mol. The molecule has 0 bridgehead atoms. The van der Waals surface area contributed by atoms with E-state index in [0.29, 0.717) is 18.9 Å². The Labute approximate surface area is 144 Å². The average molecular weight is 332 g/mol. The minimum atomic E-state index is 0.0560. The first-order valence-corrected chi connectivity index (χ1v) is 9.12. The second kappa shape index (κ2) is 7.88. The summed E-state index contributed by atoms with van der Waals surface area (Å²) in [6.07, 6.45) is 4.92. The highest BCUT2D eigenvalue weighted by Gasteiger charge is 2.23. The third-order valence-corrected chi connectivity index (χ3v) is 4.81. The van der Waals surface area contributed by atoms with E-state index in [1.807, 2.05) is 19.1 Å². The number of nitrogens with one attached hydrogen (secondary N) is 2. The third-order valence-electron chi connectivity index (χ3n) is 4.81. The van der Waals surface area contributed by atoms with Crippen LogP contribution in [-0.2, 0) is 11.2 Å². The summed E-state index contributed by atoms with van der Waals surface area (Å²) in [6.45, 7) is 6.72. The van der Waals surface area contributed by atoms with E-state index in [2.05, 4.69) is 17.6 Å². The van der Waals surface area contributed by atoms with E-state index in [4.69, 9.17) is 9.47 Å². The van der Waals surface area contributed by atoms with Crippen LogP contribution in [0.5, 0.6) is 11.5 Å². The minimum Gasteiger partial charge on any atom is -0.492 e. The lowest BCUT2D eigenvalue weighted by Crippen LogP contribution is -2.28. The molecule has 5 heteroatoms. The molecule has 0 aromatic heterocycles.